The van der Waals surface area contributed by atoms with Gasteiger partial charge in [0.15, 0.2) is 0 Å². The Labute approximate surface area is 156 Å². The van der Waals surface area contributed by atoms with Crippen LogP contribution in [-0.4, -0.2) is 29.6 Å². The zero-order valence-electron chi connectivity index (χ0n) is 15.2. The zero-order valence-corrected chi connectivity index (χ0v) is 15.2. The molecule has 0 aliphatic carbocycles. The minimum absolute atomic E-state index is 0.0293. The molecule has 5 N–H and O–H groups in total. The Morgan fingerprint density at radius 3 is 2.70 bits per heavy atom. The van der Waals surface area contributed by atoms with Crippen molar-refractivity contribution in [3.63, 3.8) is 0 Å². The minimum atomic E-state index is -0.609. The fraction of sp³-hybridized carbons (Fsp3) is 0.316. The summed E-state index contributed by atoms with van der Waals surface area (Å²) in [5.74, 6) is -0.708. The smallest absolute Gasteiger partial charge is 0.343 e. The van der Waals surface area contributed by atoms with Crippen LogP contribution < -0.4 is 21.9 Å². The normalized spacial score (nSPS) is 13.1. The van der Waals surface area contributed by atoms with E-state index in [9.17, 15) is 9.59 Å². The lowest BCUT2D eigenvalue weighted by molar-refractivity contribution is 0.0528. The maximum Gasteiger partial charge on any atom is 0.343 e. The van der Waals surface area contributed by atoms with E-state index in [2.05, 4.69) is 10.6 Å². The first-order chi connectivity index (χ1) is 13.0. The van der Waals surface area contributed by atoms with Crippen molar-refractivity contribution in [1.29, 1.82) is 5.41 Å². The van der Waals surface area contributed by atoms with Crippen molar-refractivity contribution in [1.82, 2.24) is 4.57 Å². The summed E-state index contributed by atoms with van der Waals surface area (Å²) in [6.45, 7) is 3.06. The van der Waals surface area contributed by atoms with Gasteiger partial charge in [0.1, 0.15) is 22.4 Å². The highest BCUT2D eigenvalue weighted by Gasteiger charge is 2.28. The fourth-order valence-electron chi connectivity index (χ4n) is 3.13. The number of esters is 1. The highest BCUT2D eigenvalue weighted by atomic mass is 16.5. The number of ether oxygens (including phenoxy) is 1. The standard InChI is InChI=1S/C19H23N5O3/c1-2-27-19(26)14-15(20)13(18(25)23-12-8-4-3-5-9-12)16(21)24-11-7-6-10-22-17(14)24/h3-5,8-9,21-22H,2,6-7,10-11,20H2,1H3,(H,23,25). The molecule has 2 aromatic rings. The van der Waals surface area contributed by atoms with Crippen molar-refractivity contribution in [2.45, 2.75) is 26.3 Å². The number of benzene rings is 1. The number of rotatable bonds is 4. The third kappa shape index (κ3) is 3.64. The number of nitrogen functional groups attached to an aromatic ring is 1. The Kier molecular flexibility index (Phi) is 5.44. The van der Waals surface area contributed by atoms with Gasteiger partial charge in [0.2, 0.25) is 0 Å². The van der Waals surface area contributed by atoms with Crippen LogP contribution in [0.1, 0.15) is 40.5 Å². The lowest BCUT2D eigenvalue weighted by Gasteiger charge is -2.20. The number of aromatic nitrogens is 1. The van der Waals surface area contributed by atoms with Crippen LogP contribution in [0, 0.1) is 5.41 Å². The quantitative estimate of drug-likeness (QED) is 0.615. The number of nitrogens with two attached hydrogens (primary N) is 1. The van der Waals surface area contributed by atoms with Gasteiger partial charge >= 0.3 is 5.97 Å². The summed E-state index contributed by atoms with van der Waals surface area (Å²) in [5.41, 5.74) is 6.78. The maximum atomic E-state index is 12.9. The predicted molar refractivity (Wildman–Crippen MR) is 103 cm³/mol. The van der Waals surface area contributed by atoms with Crippen LogP contribution in [0.3, 0.4) is 0 Å². The molecule has 1 aromatic heterocycles. The molecule has 0 saturated heterocycles. The van der Waals surface area contributed by atoms with Gasteiger partial charge in [0, 0.05) is 18.8 Å². The van der Waals surface area contributed by atoms with Crippen LogP contribution in [0.5, 0.6) is 0 Å². The molecular formula is C19H23N5O3. The molecule has 0 fully saturated rings. The first-order valence-corrected chi connectivity index (χ1v) is 8.92. The Balaban J connectivity index is 2.14. The molecule has 0 bridgehead atoms. The SMILES string of the molecule is CCOC(=O)c1c(N)c(C(=O)Nc2ccccc2)c(=N)n2c1NCCCC2. The number of nitrogens with zero attached hydrogens (tertiary/aromatic N) is 1. The summed E-state index contributed by atoms with van der Waals surface area (Å²) in [4.78, 5) is 25.4. The van der Waals surface area contributed by atoms with Crippen molar-refractivity contribution in [3.05, 3.63) is 46.9 Å². The lowest BCUT2D eigenvalue weighted by atomic mass is 10.1. The third-order valence-corrected chi connectivity index (χ3v) is 4.39. The average Bonchev–Trinajstić information content (AvgIpc) is 2.89. The summed E-state index contributed by atoms with van der Waals surface area (Å²) in [7, 11) is 0. The van der Waals surface area contributed by atoms with Gasteiger partial charge < -0.3 is 25.7 Å². The van der Waals surface area contributed by atoms with Crippen molar-refractivity contribution < 1.29 is 14.3 Å². The summed E-state index contributed by atoms with van der Waals surface area (Å²) in [6, 6.07) is 8.90. The number of hydrogen-bond donors (Lipinski definition) is 4. The molecule has 2 heterocycles. The van der Waals surface area contributed by atoms with Gasteiger partial charge in [-0.3, -0.25) is 10.2 Å². The molecular weight excluding hydrogens is 346 g/mol. The second kappa shape index (κ2) is 7.94. The number of hydrogen-bond acceptors (Lipinski definition) is 6. The summed E-state index contributed by atoms with van der Waals surface area (Å²) < 4.78 is 6.76. The van der Waals surface area contributed by atoms with E-state index in [0.717, 1.165) is 12.8 Å². The van der Waals surface area contributed by atoms with Gasteiger partial charge in [-0.1, -0.05) is 18.2 Å². The number of carbonyl (C=O) groups excluding carboxylic acids is 2. The molecule has 0 atom stereocenters. The number of amides is 1. The summed E-state index contributed by atoms with van der Waals surface area (Å²) in [5, 5.41) is 14.4. The minimum Gasteiger partial charge on any atom is -0.462 e. The second-order valence-electron chi connectivity index (χ2n) is 6.19. The van der Waals surface area contributed by atoms with Crippen molar-refractivity contribution >= 4 is 29.1 Å². The van der Waals surface area contributed by atoms with E-state index in [1.165, 1.54) is 0 Å². The van der Waals surface area contributed by atoms with E-state index >= 15 is 0 Å². The van der Waals surface area contributed by atoms with Crippen molar-refractivity contribution in [2.75, 3.05) is 29.5 Å². The molecule has 1 aliphatic heterocycles. The Bertz CT molecular complexity index is 921. The summed E-state index contributed by atoms with van der Waals surface area (Å²) >= 11 is 0. The topological polar surface area (TPSA) is 122 Å². The zero-order chi connectivity index (χ0) is 19.4. The predicted octanol–water partition coefficient (Wildman–Crippen LogP) is 2.18. The summed E-state index contributed by atoms with van der Waals surface area (Å²) in [6.07, 6.45) is 1.71. The van der Waals surface area contributed by atoms with Gasteiger partial charge in [-0.05, 0) is 31.9 Å². The van der Waals surface area contributed by atoms with Gasteiger partial charge in [0.25, 0.3) is 5.91 Å². The Hall–Kier alpha value is -3.29. The fourth-order valence-corrected chi connectivity index (χ4v) is 3.13. The van der Waals surface area contributed by atoms with Crippen LogP contribution in [0.25, 0.3) is 0 Å². The van der Waals surface area contributed by atoms with E-state index in [1.54, 1.807) is 35.8 Å². The Morgan fingerprint density at radius 1 is 1.26 bits per heavy atom. The first-order valence-electron chi connectivity index (χ1n) is 8.92. The second-order valence-corrected chi connectivity index (χ2v) is 6.19. The monoisotopic (exact) mass is 369 g/mol. The van der Waals surface area contributed by atoms with Gasteiger partial charge in [-0.25, -0.2) is 4.79 Å². The van der Waals surface area contributed by atoms with Crippen molar-refractivity contribution in [2.24, 2.45) is 0 Å². The van der Waals surface area contributed by atoms with Gasteiger partial charge in [-0.2, -0.15) is 0 Å². The Morgan fingerprint density at radius 2 is 2.00 bits per heavy atom. The molecule has 142 valence electrons. The highest BCUT2D eigenvalue weighted by Crippen LogP contribution is 2.27. The molecule has 8 nitrogen and oxygen atoms in total. The van der Waals surface area contributed by atoms with Crippen LogP contribution in [-0.2, 0) is 11.3 Å². The largest absolute Gasteiger partial charge is 0.462 e. The first kappa shape index (κ1) is 18.5. The van der Waals surface area contributed by atoms with Gasteiger partial charge in [-0.15, -0.1) is 0 Å². The molecule has 3 rings (SSSR count). The molecule has 0 radical (unpaired) electrons. The van der Waals surface area contributed by atoms with E-state index in [-0.39, 0.29) is 28.9 Å². The molecule has 0 saturated carbocycles. The molecule has 27 heavy (non-hydrogen) atoms. The number of nitrogens with one attached hydrogen (secondary N) is 3. The van der Waals surface area contributed by atoms with Crippen LogP contribution >= 0.6 is 0 Å². The number of pyridine rings is 1. The van der Waals surface area contributed by atoms with E-state index in [1.807, 2.05) is 6.07 Å². The van der Waals surface area contributed by atoms with E-state index in [0.29, 0.717) is 24.6 Å². The van der Waals surface area contributed by atoms with Gasteiger partial charge in [0.05, 0.1) is 12.3 Å². The number of fused-ring (bicyclic) bond motifs is 1. The molecule has 8 heteroatoms. The number of carbonyl (C=O) groups is 2. The average molecular weight is 369 g/mol. The highest BCUT2D eigenvalue weighted by molar-refractivity contribution is 6.12. The molecule has 0 spiro atoms. The molecule has 1 aromatic carbocycles. The number of para-hydroxylation sites is 1. The lowest BCUT2D eigenvalue weighted by Crippen LogP contribution is -2.34. The van der Waals surface area contributed by atoms with Crippen molar-refractivity contribution in [3.8, 4) is 0 Å². The van der Waals surface area contributed by atoms with Crippen LogP contribution in [0.4, 0.5) is 17.2 Å². The maximum absolute atomic E-state index is 12.9. The molecule has 0 unspecified atom stereocenters. The molecule has 1 amide bonds. The van der Waals surface area contributed by atoms with Crippen LogP contribution in [0.2, 0.25) is 0 Å². The van der Waals surface area contributed by atoms with E-state index < -0.39 is 11.9 Å². The molecule has 1 aliphatic rings. The number of anilines is 3. The third-order valence-electron chi connectivity index (χ3n) is 4.39. The van der Waals surface area contributed by atoms with E-state index in [4.69, 9.17) is 15.9 Å². The van der Waals surface area contributed by atoms with Crippen LogP contribution in [0.15, 0.2) is 30.3 Å².